The van der Waals surface area contributed by atoms with Crippen LogP contribution < -0.4 is 5.32 Å². The third kappa shape index (κ3) is 3.68. The summed E-state index contributed by atoms with van der Waals surface area (Å²) in [6.45, 7) is 4.39. The molecule has 0 bridgehead atoms. The second kappa shape index (κ2) is 6.64. The number of nitrogens with zero attached hydrogens (tertiary/aromatic N) is 3. The van der Waals surface area contributed by atoms with Crippen molar-refractivity contribution in [3.63, 3.8) is 0 Å². The van der Waals surface area contributed by atoms with E-state index in [1.165, 1.54) is 0 Å². The Morgan fingerprint density at radius 1 is 1.35 bits per heavy atom. The fourth-order valence-corrected chi connectivity index (χ4v) is 4.02. The molecule has 0 aliphatic rings. The van der Waals surface area contributed by atoms with E-state index >= 15 is 0 Å². The molecule has 5 nitrogen and oxygen atoms in total. The van der Waals surface area contributed by atoms with E-state index in [-0.39, 0.29) is 12.1 Å². The molecule has 0 aliphatic heterocycles. The van der Waals surface area contributed by atoms with Crippen LogP contribution in [0.1, 0.15) is 28.7 Å². The van der Waals surface area contributed by atoms with Crippen molar-refractivity contribution in [2.45, 2.75) is 26.4 Å². The molecule has 0 aliphatic carbocycles. The molecule has 0 spiro atoms. The topological polar surface area (TPSA) is 58.1 Å². The maximum atomic E-state index is 12.3. The third-order valence-electron chi connectivity index (χ3n) is 3.40. The van der Waals surface area contributed by atoms with E-state index in [1.807, 2.05) is 43.5 Å². The molecule has 1 aromatic carbocycles. The van der Waals surface area contributed by atoms with Gasteiger partial charge < -0.3 is 10.2 Å². The zero-order chi connectivity index (χ0) is 16.4. The Kier molecular flexibility index (Phi) is 4.58. The predicted molar refractivity (Wildman–Crippen MR) is 94.9 cm³/mol. The fourth-order valence-electron chi connectivity index (χ4n) is 2.19. The van der Waals surface area contributed by atoms with Gasteiger partial charge in [0.05, 0.1) is 22.8 Å². The molecule has 0 saturated heterocycles. The maximum absolute atomic E-state index is 12.3. The second-order valence-electron chi connectivity index (χ2n) is 5.43. The first-order valence-electron chi connectivity index (χ1n) is 7.31. The van der Waals surface area contributed by atoms with Crippen LogP contribution in [0.2, 0.25) is 0 Å². The SMILES string of the molecule is Cc1csc(C(C)NC(=O)N(C)Cc2nc3ccccc3s2)n1. The number of amides is 2. The molecular weight excluding hydrogens is 328 g/mol. The van der Waals surface area contributed by atoms with Crippen LogP contribution in [0.25, 0.3) is 10.2 Å². The number of hydrogen-bond donors (Lipinski definition) is 1. The molecule has 1 N–H and O–H groups in total. The van der Waals surface area contributed by atoms with Crippen molar-refractivity contribution in [1.82, 2.24) is 20.2 Å². The maximum Gasteiger partial charge on any atom is 0.318 e. The van der Waals surface area contributed by atoms with E-state index in [1.54, 1.807) is 34.6 Å². The molecular formula is C16H18N4OS2. The van der Waals surface area contributed by atoms with Crippen LogP contribution in [0.5, 0.6) is 0 Å². The molecule has 2 aromatic heterocycles. The molecule has 3 rings (SSSR count). The molecule has 23 heavy (non-hydrogen) atoms. The smallest absolute Gasteiger partial charge is 0.318 e. The van der Waals surface area contributed by atoms with E-state index in [0.29, 0.717) is 6.54 Å². The first-order valence-corrected chi connectivity index (χ1v) is 9.00. The Balaban J connectivity index is 1.63. The van der Waals surface area contributed by atoms with Gasteiger partial charge in [-0.2, -0.15) is 0 Å². The van der Waals surface area contributed by atoms with Crippen LogP contribution >= 0.6 is 22.7 Å². The van der Waals surface area contributed by atoms with Crippen LogP contribution in [-0.2, 0) is 6.54 Å². The number of hydrogen-bond acceptors (Lipinski definition) is 5. The van der Waals surface area contributed by atoms with Gasteiger partial charge in [0, 0.05) is 18.1 Å². The number of benzene rings is 1. The lowest BCUT2D eigenvalue weighted by molar-refractivity contribution is 0.203. The number of rotatable bonds is 4. The summed E-state index contributed by atoms with van der Waals surface area (Å²) in [7, 11) is 1.78. The average Bonchev–Trinajstić information content (AvgIpc) is 3.12. The molecule has 0 saturated carbocycles. The number of carbonyl (C=O) groups excluding carboxylic acids is 1. The van der Waals surface area contributed by atoms with Crippen LogP contribution in [0.15, 0.2) is 29.6 Å². The molecule has 0 fully saturated rings. The molecule has 1 atom stereocenters. The third-order valence-corrected chi connectivity index (χ3v) is 5.57. The fraction of sp³-hybridized carbons (Fsp3) is 0.312. The zero-order valence-corrected chi connectivity index (χ0v) is 14.9. The quantitative estimate of drug-likeness (QED) is 0.778. The number of aryl methyl sites for hydroxylation is 1. The summed E-state index contributed by atoms with van der Waals surface area (Å²) in [5, 5.41) is 6.82. The Morgan fingerprint density at radius 3 is 2.83 bits per heavy atom. The van der Waals surface area contributed by atoms with Crippen molar-refractivity contribution >= 4 is 38.9 Å². The largest absolute Gasteiger partial charge is 0.329 e. The lowest BCUT2D eigenvalue weighted by Crippen LogP contribution is -2.38. The Bertz CT molecular complexity index is 793. The van der Waals surface area contributed by atoms with Crippen molar-refractivity contribution < 1.29 is 4.79 Å². The summed E-state index contributed by atoms with van der Waals surface area (Å²) in [5.74, 6) is 0. The Hall–Kier alpha value is -1.99. The van der Waals surface area contributed by atoms with Gasteiger partial charge >= 0.3 is 6.03 Å². The zero-order valence-electron chi connectivity index (χ0n) is 13.2. The van der Waals surface area contributed by atoms with Crippen molar-refractivity contribution in [2.24, 2.45) is 0 Å². The molecule has 2 amide bonds. The average molecular weight is 346 g/mol. The highest BCUT2D eigenvalue weighted by atomic mass is 32.1. The predicted octanol–water partition coefficient (Wildman–Crippen LogP) is 3.96. The Morgan fingerprint density at radius 2 is 2.13 bits per heavy atom. The minimum absolute atomic E-state index is 0.0981. The standard InChI is InChI=1S/C16H18N4OS2/c1-10-9-22-15(17-10)11(2)18-16(21)20(3)8-14-19-12-6-4-5-7-13(12)23-14/h4-7,9,11H,8H2,1-3H3,(H,18,21). The highest BCUT2D eigenvalue weighted by molar-refractivity contribution is 7.18. The first kappa shape index (κ1) is 15.9. The lowest BCUT2D eigenvalue weighted by atomic mass is 10.3. The van der Waals surface area contributed by atoms with Gasteiger partial charge in [0.25, 0.3) is 0 Å². The summed E-state index contributed by atoms with van der Waals surface area (Å²) in [6.07, 6.45) is 0. The number of fused-ring (bicyclic) bond motifs is 1. The van der Waals surface area contributed by atoms with Gasteiger partial charge in [-0.05, 0) is 26.0 Å². The van der Waals surface area contributed by atoms with E-state index in [9.17, 15) is 4.79 Å². The molecule has 2 heterocycles. The van der Waals surface area contributed by atoms with Gasteiger partial charge in [0.1, 0.15) is 10.0 Å². The number of urea groups is 1. The minimum Gasteiger partial charge on any atom is -0.329 e. The van der Waals surface area contributed by atoms with E-state index < -0.39 is 0 Å². The van der Waals surface area contributed by atoms with Gasteiger partial charge in [0.15, 0.2) is 0 Å². The summed E-state index contributed by atoms with van der Waals surface area (Å²) in [4.78, 5) is 22.9. The van der Waals surface area contributed by atoms with E-state index in [0.717, 1.165) is 25.9 Å². The second-order valence-corrected chi connectivity index (χ2v) is 7.43. The van der Waals surface area contributed by atoms with Crippen molar-refractivity contribution in [2.75, 3.05) is 7.05 Å². The van der Waals surface area contributed by atoms with Crippen LogP contribution in [0.4, 0.5) is 4.79 Å². The van der Waals surface area contributed by atoms with Crippen LogP contribution in [0, 0.1) is 6.92 Å². The molecule has 3 aromatic rings. The number of thiazole rings is 2. The highest BCUT2D eigenvalue weighted by Gasteiger charge is 2.17. The van der Waals surface area contributed by atoms with E-state index in [4.69, 9.17) is 0 Å². The molecule has 7 heteroatoms. The lowest BCUT2D eigenvalue weighted by Gasteiger charge is -2.19. The van der Waals surface area contributed by atoms with Crippen molar-refractivity contribution in [1.29, 1.82) is 0 Å². The van der Waals surface area contributed by atoms with Gasteiger partial charge in [0.2, 0.25) is 0 Å². The van der Waals surface area contributed by atoms with Gasteiger partial charge in [-0.1, -0.05) is 12.1 Å². The van der Waals surface area contributed by atoms with Crippen LogP contribution in [0.3, 0.4) is 0 Å². The first-order chi connectivity index (χ1) is 11.0. The normalized spacial score (nSPS) is 12.3. The van der Waals surface area contributed by atoms with E-state index in [2.05, 4.69) is 15.3 Å². The van der Waals surface area contributed by atoms with Gasteiger partial charge in [-0.3, -0.25) is 0 Å². The number of aromatic nitrogens is 2. The van der Waals surface area contributed by atoms with Crippen LogP contribution in [-0.4, -0.2) is 27.9 Å². The summed E-state index contributed by atoms with van der Waals surface area (Å²) >= 11 is 3.18. The summed E-state index contributed by atoms with van der Waals surface area (Å²) in [6, 6.07) is 7.79. The molecule has 1 unspecified atom stereocenters. The van der Waals surface area contributed by atoms with Gasteiger partial charge in [-0.15, -0.1) is 22.7 Å². The number of nitrogens with one attached hydrogen (secondary N) is 1. The van der Waals surface area contributed by atoms with Crippen molar-refractivity contribution in [3.8, 4) is 0 Å². The van der Waals surface area contributed by atoms with Gasteiger partial charge in [-0.25, -0.2) is 14.8 Å². The minimum atomic E-state index is -0.121. The molecule has 120 valence electrons. The summed E-state index contributed by atoms with van der Waals surface area (Å²) in [5.41, 5.74) is 1.96. The number of para-hydroxylation sites is 1. The summed E-state index contributed by atoms with van der Waals surface area (Å²) < 4.78 is 1.14. The molecule has 0 radical (unpaired) electrons. The monoisotopic (exact) mass is 346 g/mol. The highest BCUT2D eigenvalue weighted by Crippen LogP contribution is 2.22. The number of carbonyl (C=O) groups is 1. The van der Waals surface area contributed by atoms with Crippen molar-refractivity contribution in [3.05, 3.63) is 45.4 Å². The Labute approximate surface area is 143 Å².